The lowest BCUT2D eigenvalue weighted by Gasteiger charge is -2.16. The molecule has 0 radical (unpaired) electrons. The second-order valence-corrected chi connectivity index (χ2v) is 6.16. The van der Waals surface area contributed by atoms with E-state index in [2.05, 4.69) is 32.5 Å². The van der Waals surface area contributed by atoms with Crippen LogP contribution < -0.4 is 10.2 Å². The summed E-state index contributed by atoms with van der Waals surface area (Å²) in [6.07, 6.45) is 1.51. The van der Waals surface area contributed by atoms with Crippen molar-refractivity contribution >= 4 is 28.3 Å². The van der Waals surface area contributed by atoms with Gasteiger partial charge in [-0.3, -0.25) is 0 Å². The number of fused-ring (bicyclic) bond motifs is 2. The average Bonchev–Trinajstić information content (AvgIpc) is 3.07. The van der Waals surface area contributed by atoms with Gasteiger partial charge in [-0.1, -0.05) is 18.2 Å². The standard InChI is InChI=1S/C18H19N7/c1-12-8-16(25-18(22-12)20-11-21-25)19-10-13-9-17(24(2)3)23-15-7-5-4-6-14(13)15/h4-9,11,19H,10H2,1-3H3. The minimum atomic E-state index is 0.594. The van der Waals surface area contributed by atoms with E-state index in [4.69, 9.17) is 4.98 Å². The first-order valence-electron chi connectivity index (χ1n) is 8.09. The number of hydrogen-bond donors (Lipinski definition) is 1. The van der Waals surface area contributed by atoms with Crippen LogP contribution >= 0.6 is 0 Å². The zero-order valence-corrected chi connectivity index (χ0v) is 14.4. The van der Waals surface area contributed by atoms with Gasteiger partial charge in [-0.15, -0.1) is 0 Å². The molecular weight excluding hydrogens is 314 g/mol. The smallest absolute Gasteiger partial charge is 0.254 e. The summed E-state index contributed by atoms with van der Waals surface area (Å²) in [6, 6.07) is 12.3. The molecule has 1 N–H and O–H groups in total. The van der Waals surface area contributed by atoms with Crippen LogP contribution in [-0.2, 0) is 6.54 Å². The van der Waals surface area contributed by atoms with Crippen LogP contribution in [0.3, 0.4) is 0 Å². The normalized spacial score (nSPS) is 11.2. The van der Waals surface area contributed by atoms with Crippen molar-refractivity contribution in [3.05, 3.63) is 54.0 Å². The Labute approximate surface area is 145 Å². The molecule has 25 heavy (non-hydrogen) atoms. The third-order valence-electron chi connectivity index (χ3n) is 4.09. The van der Waals surface area contributed by atoms with Crippen molar-refractivity contribution in [3.63, 3.8) is 0 Å². The van der Waals surface area contributed by atoms with Crippen molar-refractivity contribution in [2.24, 2.45) is 0 Å². The van der Waals surface area contributed by atoms with Crippen LogP contribution in [0.4, 0.5) is 11.6 Å². The number of anilines is 2. The maximum Gasteiger partial charge on any atom is 0.254 e. The molecule has 1 aromatic carbocycles. The van der Waals surface area contributed by atoms with E-state index in [-0.39, 0.29) is 0 Å². The van der Waals surface area contributed by atoms with Gasteiger partial charge in [-0.05, 0) is 24.6 Å². The molecule has 0 fully saturated rings. The first kappa shape index (κ1) is 15.3. The van der Waals surface area contributed by atoms with Crippen molar-refractivity contribution in [2.45, 2.75) is 13.5 Å². The minimum Gasteiger partial charge on any atom is -0.366 e. The minimum absolute atomic E-state index is 0.594. The van der Waals surface area contributed by atoms with E-state index in [0.717, 1.165) is 28.2 Å². The maximum absolute atomic E-state index is 4.71. The van der Waals surface area contributed by atoms with Gasteiger partial charge >= 0.3 is 0 Å². The van der Waals surface area contributed by atoms with Crippen LogP contribution in [0.2, 0.25) is 0 Å². The van der Waals surface area contributed by atoms with E-state index in [0.29, 0.717) is 12.3 Å². The average molecular weight is 333 g/mol. The largest absolute Gasteiger partial charge is 0.366 e. The Kier molecular flexibility index (Phi) is 3.68. The van der Waals surface area contributed by atoms with Gasteiger partial charge in [-0.25, -0.2) is 9.97 Å². The molecule has 3 heterocycles. The fraction of sp³-hybridized carbons (Fsp3) is 0.222. The van der Waals surface area contributed by atoms with Gasteiger partial charge in [0.15, 0.2) is 0 Å². The summed E-state index contributed by atoms with van der Waals surface area (Å²) in [5.41, 5.74) is 3.07. The van der Waals surface area contributed by atoms with Crippen LogP contribution in [0.1, 0.15) is 11.3 Å². The number of rotatable bonds is 4. The van der Waals surface area contributed by atoms with Crippen LogP contribution in [0.5, 0.6) is 0 Å². The summed E-state index contributed by atoms with van der Waals surface area (Å²) < 4.78 is 1.71. The van der Waals surface area contributed by atoms with Crippen LogP contribution in [0.25, 0.3) is 16.7 Å². The molecule has 0 bridgehead atoms. The first-order chi connectivity index (χ1) is 12.1. The molecule has 0 unspecified atom stereocenters. The highest BCUT2D eigenvalue weighted by Gasteiger charge is 2.09. The Hall–Kier alpha value is -3.22. The Morgan fingerprint density at radius 1 is 1.12 bits per heavy atom. The number of aromatic nitrogens is 5. The number of nitrogens with one attached hydrogen (secondary N) is 1. The molecular formula is C18H19N7. The summed E-state index contributed by atoms with van der Waals surface area (Å²) in [5.74, 6) is 2.40. The molecule has 0 atom stereocenters. The summed E-state index contributed by atoms with van der Waals surface area (Å²) in [7, 11) is 4.00. The number of benzene rings is 1. The third-order valence-corrected chi connectivity index (χ3v) is 4.09. The molecule has 7 heteroatoms. The number of pyridine rings is 1. The van der Waals surface area contributed by atoms with Gasteiger partial charge in [0.2, 0.25) is 0 Å². The summed E-state index contributed by atoms with van der Waals surface area (Å²) in [6.45, 7) is 2.61. The summed E-state index contributed by atoms with van der Waals surface area (Å²) in [5, 5.41) is 8.84. The number of aryl methyl sites for hydroxylation is 1. The van der Waals surface area contributed by atoms with Crippen LogP contribution in [0.15, 0.2) is 42.7 Å². The lowest BCUT2D eigenvalue weighted by molar-refractivity contribution is 0.917. The molecule has 3 aromatic heterocycles. The van der Waals surface area contributed by atoms with E-state index in [1.165, 1.54) is 11.9 Å². The molecule has 4 aromatic rings. The molecule has 126 valence electrons. The molecule has 4 rings (SSSR count). The Bertz CT molecular complexity index is 1050. The molecule has 0 spiro atoms. The fourth-order valence-electron chi connectivity index (χ4n) is 2.85. The second kappa shape index (κ2) is 6.01. The van der Waals surface area contributed by atoms with Gasteiger partial charge in [-0.2, -0.15) is 14.6 Å². The topological polar surface area (TPSA) is 71.2 Å². The fourth-order valence-corrected chi connectivity index (χ4v) is 2.85. The van der Waals surface area contributed by atoms with Crippen molar-refractivity contribution in [2.75, 3.05) is 24.3 Å². The van der Waals surface area contributed by atoms with Gasteiger partial charge < -0.3 is 10.2 Å². The van der Waals surface area contributed by atoms with E-state index >= 15 is 0 Å². The lowest BCUT2D eigenvalue weighted by atomic mass is 10.1. The molecule has 0 saturated heterocycles. The van der Waals surface area contributed by atoms with E-state index in [1.54, 1.807) is 4.52 Å². The van der Waals surface area contributed by atoms with Gasteiger partial charge in [0.25, 0.3) is 5.78 Å². The molecule has 0 aliphatic carbocycles. The Balaban J connectivity index is 1.74. The Morgan fingerprint density at radius 3 is 2.80 bits per heavy atom. The number of nitrogens with zero attached hydrogens (tertiary/aromatic N) is 6. The predicted octanol–water partition coefficient (Wildman–Crippen LogP) is 2.66. The highest BCUT2D eigenvalue weighted by atomic mass is 15.3. The molecule has 0 aliphatic heterocycles. The number of para-hydroxylation sites is 1. The van der Waals surface area contributed by atoms with Crippen LogP contribution in [0, 0.1) is 6.92 Å². The molecule has 0 amide bonds. The van der Waals surface area contributed by atoms with E-state index < -0.39 is 0 Å². The zero-order valence-electron chi connectivity index (χ0n) is 14.4. The molecule has 0 saturated carbocycles. The van der Waals surface area contributed by atoms with Gasteiger partial charge in [0, 0.05) is 37.8 Å². The lowest BCUT2D eigenvalue weighted by Crippen LogP contribution is -2.12. The van der Waals surface area contributed by atoms with Crippen molar-refractivity contribution in [1.29, 1.82) is 0 Å². The van der Waals surface area contributed by atoms with Gasteiger partial charge in [0.05, 0.1) is 5.52 Å². The second-order valence-electron chi connectivity index (χ2n) is 6.16. The molecule has 0 aliphatic rings. The predicted molar refractivity (Wildman–Crippen MR) is 98.9 cm³/mol. The SMILES string of the molecule is Cc1cc(NCc2cc(N(C)C)nc3ccccc23)n2ncnc2n1. The van der Waals surface area contributed by atoms with Crippen molar-refractivity contribution < 1.29 is 0 Å². The van der Waals surface area contributed by atoms with E-state index in [9.17, 15) is 0 Å². The van der Waals surface area contributed by atoms with E-state index in [1.807, 2.05) is 50.2 Å². The Morgan fingerprint density at radius 2 is 1.96 bits per heavy atom. The summed E-state index contributed by atoms with van der Waals surface area (Å²) >= 11 is 0. The highest BCUT2D eigenvalue weighted by molar-refractivity contribution is 5.84. The van der Waals surface area contributed by atoms with Gasteiger partial charge in [0.1, 0.15) is 18.0 Å². The van der Waals surface area contributed by atoms with Crippen molar-refractivity contribution in [1.82, 2.24) is 24.6 Å². The highest BCUT2D eigenvalue weighted by Crippen LogP contribution is 2.23. The van der Waals surface area contributed by atoms with Crippen molar-refractivity contribution in [3.8, 4) is 0 Å². The molecule has 7 nitrogen and oxygen atoms in total. The summed E-state index contributed by atoms with van der Waals surface area (Å²) in [4.78, 5) is 15.3. The zero-order chi connectivity index (χ0) is 17.4. The monoisotopic (exact) mass is 333 g/mol. The number of hydrogen-bond acceptors (Lipinski definition) is 6. The first-order valence-corrected chi connectivity index (χ1v) is 8.09. The quantitative estimate of drug-likeness (QED) is 0.619. The van der Waals surface area contributed by atoms with Crippen LogP contribution in [-0.4, -0.2) is 38.7 Å². The third kappa shape index (κ3) is 2.84. The maximum atomic E-state index is 4.71.